The summed E-state index contributed by atoms with van der Waals surface area (Å²) in [6.07, 6.45) is 6.19. The van der Waals surface area contributed by atoms with Crippen molar-refractivity contribution < 1.29 is 14.6 Å². The van der Waals surface area contributed by atoms with Crippen LogP contribution in [-0.2, 0) is 9.47 Å². The van der Waals surface area contributed by atoms with E-state index >= 15 is 0 Å². The number of rotatable bonds is 6. The second-order valence-electron chi connectivity index (χ2n) is 10.4. The van der Waals surface area contributed by atoms with Crippen LogP contribution in [0.4, 0.5) is 0 Å². The van der Waals surface area contributed by atoms with Gasteiger partial charge in [-0.2, -0.15) is 5.10 Å². The number of amidine groups is 1. The van der Waals surface area contributed by atoms with Gasteiger partial charge in [0.15, 0.2) is 0 Å². The zero-order valence-electron chi connectivity index (χ0n) is 21.8. The number of morpholine rings is 1. The van der Waals surface area contributed by atoms with Gasteiger partial charge in [0.25, 0.3) is 0 Å². The van der Waals surface area contributed by atoms with Gasteiger partial charge in [-0.15, -0.1) is 0 Å². The second kappa shape index (κ2) is 10.8. The van der Waals surface area contributed by atoms with E-state index in [-0.39, 0.29) is 12.7 Å². The van der Waals surface area contributed by atoms with Crippen molar-refractivity contribution in [2.24, 2.45) is 4.99 Å². The van der Waals surface area contributed by atoms with Crippen molar-refractivity contribution >= 4 is 22.4 Å². The highest BCUT2D eigenvalue weighted by molar-refractivity contribution is 5.98. The summed E-state index contributed by atoms with van der Waals surface area (Å²) >= 11 is 0. The molecule has 0 saturated carbocycles. The van der Waals surface area contributed by atoms with Gasteiger partial charge in [-0.3, -0.25) is 4.90 Å². The van der Waals surface area contributed by atoms with E-state index in [1.54, 1.807) is 0 Å². The van der Waals surface area contributed by atoms with Crippen molar-refractivity contribution in [3.8, 4) is 0 Å². The molecule has 3 aliphatic rings. The smallest absolute Gasteiger partial charge is 0.130 e. The Morgan fingerprint density at radius 1 is 1.22 bits per heavy atom. The molecule has 0 bridgehead atoms. The van der Waals surface area contributed by atoms with Gasteiger partial charge in [0, 0.05) is 35.9 Å². The highest BCUT2D eigenvalue weighted by atomic mass is 16.5. The first-order valence-electron chi connectivity index (χ1n) is 13.1. The Hall–Kier alpha value is -2.52. The van der Waals surface area contributed by atoms with Gasteiger partial charge >= 0.3 is 0 Å². The third-order valence-corrected chi connectivity index (χ3v) is 7.71. The van der Waals surface area contributed by atoms with Gasteiger partial charge in [0.05, 0.1) is 50.3 Å². The predicted molar refractivity (Wildman–Crippen MR) is 143 cm³/mol. The molecule has 0 amide bonds. The van der Waals surface area contributed by atoms with E-state index in [1.165, 1.54) is 24.0 Å². The van der Waals surface area contributed by atoms with E-state index in [4.69, 9.17) is 19.6 Å². The fourth-order valence-corrected chi connectivity index (χ4v) is 5.61. The summed E-state index contributed by atoms with van der Waals surface area (Å²) in [5.41, 5.74) is 5.65. The number of allylic oxidation sites excluding steroid dienone is 2. The van der Waals surface area contributed by atoms with Gasteiger partial charge in [0.1, 0.15) is 5.84 Å². The van der Waals surface area contributed by atoms with Crippen LogP contribution in [0.2, 0.25) is 0 Å². The highest BCUT2D eigenvalue weighted by Gasteiger charge is 2.30. The molecule has 3 aliphatic heterocycles. The minimum Gasteiger partial charge on any atom is -0.394 e. The van der Waals surface area contributed by atoms with Crippen molar-refractivity contribution in [1.29, 1.82) is 0 Å². The number of benzene rings is 1. The summed E-state index contributed by atoms with van der Waals surface area (Å²) in [5, 5.41) is 15.5. The molecule has 1 aromatic heterocycles. The van der Waals surface area contributed by atoms with Crippen molar-refractivity contribution in [2.75, 3.05) is 52.6 Å². The van der Waals surface area contributed by atoms with E-state index < -0.39 is 0 Å². The molecule has 3 saturated heterocycles. The molecule has 36 heavy (non-hydrogen) atoms. The van der Waals surface area contributed by atoms with Crippen LogP contribution >= 0.6 is 0 Å². The van der Waals surface area contributed by atoms with Crippen LogP contribution in [0.1, 0.15) is 43.7 Å². The molecule has 3 fully saturated rings. The fraction of sp³-hybridized carbons (Fsp3) is 0.571. The van der Waals surface area contributed by atoms with Crippen molar-refractivity contribution in [1.82, 2.24) is 19.6 Å². The van der Waals surface area contributed by atoms with Gasteiger partial charge in [0.2, 0.25) is 0 Å². The van der Waals surface area contributed by atoms with Crippen molar-refractivity contribution in [3.05, 3.63) is 47.8 Å². The Labute approximate surface area is 213 Å². The molecule has 8 heteroatoms. The number of fused-ring (bicyclic) bond motifs is 1. The van der Waals surface area contributed by atoms with Crippen LogP contribution in [0.3, 0.4) is 0 Å². The van der Waals surface area contributed by atoms with Gasteiger partial charge < -0.3 is 19.5 Å². The molecule has 4 heterocycles. The Balaban J connectivity index is 1.41. The Kier molecular flexibility index (Phi) is 7.57. The minimum absolute atomic E-state index is 0.00116. The standard InChI is InChI=1S/C28H39N5O3/c1-19(2)30-28(32-9-10-36-25(15-32)16-34)12-21(4)33-27-13-26(20(3)11-23(27)14-29-33)22-5-7-31(8-6-22)24-17-35-18-24/h11-14,22,24-25,34H,1,5-10,15-18H2,2-4H3/b21-12+,30-28?. The zero-order valence-corrected chi connectivity index (χ0v) is 21.8. The van der Waals surface area contributed by atoms with Crippen molar-refractivity contribution in [3.63, 3.8) is 0 Å². The number of aliphatic hydroxyl groups is 1. The van der Waals surface area contributed by atoms with E-state index in [1.807, 2.05) is 17.8 Å². The molecule has 0 radical (unpaired) electrons. The van der Waals surface area contributed by atoms with Crippen LogP contribution in [0.25, 0.3) is 16.6 Å². The number of aryl methyl sites for hydroxylation is 1. The summed E-state index contributed by atoms with van der Waals surface area (Å²) in [6.45, 7) is 16.1. The first-order valence-corrected chi connectivity index (χ1v) is 13.1. The van der Waals surface area contributed by atoms with Crippen molar-refractivity contribution in [2.45, 2.75) is 51.7 Å². The van der Waals surface area contributed by atoms with Gasteiger partial charge in [-0.1, -0.05) is 6.58 Å². The lowest BCUT2D eigenvalue weighted by Crippen LogP contribution is -2.51. The lowest BCUT2D eigenvalue weighted by atomic mass is 9.85. The van der Waals surface area contributed by atoms with E-state index in [0.717, 1.165) is 61.0 Å². The van der Waals surface area contributed by atoms with Crippen LogP contribution in [0.15, 0.2) is 41.7 Å². The summed E-state index contributed by atoms with van der Waals surface area (Å²) in [4.78, 5) is 9.47. The molecule has 8 nitrogen and oxygen atoms in total. The predicted octanol–water partition coefficient (Wildman–Crippen LogP) is 3.41. The highest BCUT2D eigenvalue weighted by Crippen LogP contribution is 2.34. The van der Waals surface area contributed by atoms with E-state index in [9.17, 15) is 5.11 Å². The van der Waals surface area contributed by atoms with Crippen LogP contribution < -0.4 is 0 Å². The summed E-state index contributed by atoms with van der Waals surface area (Å²) in [7, 11) is 0. The lowest BCUT2D eigenvalue weighted by molar-refractivity contribution is -0.0712. The molecule has 1 atom stereocenters. The normalized spacial score (nSPS) is 23.3. The molecule has 1 unspecified atom stereocenters. The maximum atomic E-state index is 9.59. The molecule has 0 spiro atoms. The molecular weight excluding hydrogens is 454 g/mol. The molecule has 2 aromatic rings. The first-order chi connectivity index (χ1) is 17.4. The Morgan fingerprint density at radius 2 is 2.00 bits per heavy atom. The average molecular weight is 494 g/mol. The molecule has 0 aliphatic carbocycles. The number of hydrogen-bond acceptors (Lipinski definition) is 6. The number of aliphatic hydroxyl groups excluding tert-OH is 1. The topological polar surface area (TPSA) is 75.4 Å². The van der Waals surface area contributed by atoms with E-state index in [2.05, 4.69) is 48.4 Å². The van der Waals surface area contributed by atoms with Crippen LogP contribution in [-0.4, -0.2) is 95.3 Å². The Morgan fingerprint density at radius 3 is 2.67 bits per heavy atom. The Bertz CT molecular complexity index is 1160. The maximum absolute atomic E-state index is 9.59. The third kappa shape index (κ3) is 5.27. The minimum atomic E-state index is -0.206. The summed E-state index contributed by atoms with van der Waals surface area (Å²) < 4.78 is 13.1. The summed E-state index contributed by atoms with van der Waals surface area (Å²) in [5.74, 6) is 1.40. The SMILES string of the molecule is C=C(C)N=C(/C=C(\C)n1ncc2cc(C)c(C3CCN(C4COC4)CC3)cc21)N1CCOC(CO)C1. The number of ether oxygens (including phenoxy) is 2. The quantitative estimate of drug-likeness (QED) is 0.491. The second-order valence-corrected chi connectivity index (χ2v) is 10.4. The fourth-order valence-electron chi connectivity index (χ4n) is 5.61. The number of piperidine rings is 1. The van der Waals surface area contributed by atoms with Crippen LogP contribution in [0, 0.1) is 6.92 Å². The maximum Gasteiger partial charge on any atom is 0.130 e. The largest absolute Gasteiger partial charge is 0.394 e. The lowest BCUT2D eigenvalue weighted by Gasteiger charge is -2.41. The zero-order chi connectivity index (χ0) is 25.2. The molecule has 194 valence electrons. The van der Waals surface area contributed by atoms with Gasteiger partial charge in [-0.25, -0.2) is 9.67 Å². The number of likely N-dealkylation sites (tertiary alicyclic amines) is 1. The number of aromatic nitrogens is 2. The molecule has 1 aromatic carbocycles. The average Bonchev–Trinajstić information content (AvgIpc) is 3.25. The van der Waals surface area contributed by atoms with Crippen LogP contribution in [0.5, 0.6) is 0 Å². The number of aliphatic imine (C=N–C) groups is 1. The summed E-state index contributed by atoms with van der Waals surface area (Å²) in [6, 6.07) is 5.26. The molecule has 5 rings (SSSR count). The first kappa shape index (κ1) is 25.1. The number of nitrogens with zero attached hydrogens (tertiary/aromatic N) is 5. The molecule has 1 N–H and O–H groups in total. The number of hydrogen-bond donors (Lipinski definition) is 1. The molecular formula is C28H39N5O3. The van der Waals surface area contributed by atoms with E-state index in [0.29, 0.717) is 25.1 Å². The van der Waals surface area contributed by atoms with Gasteiger partial charge in [-0.05, 0) is 75.9 Å². The monoisotopic (exact) mass is 493 g/mol. The third-order valence-electron chi connectivity index (χ3n) is 7.71.